The highest BCUT2D eigenvalue weighted by Crippen LogP contribution is 2.31. The maximum Gasteiger partial charge on any atom is 0.133 e. The SMILES string of the molecule is Cn1cnnc1CCNC1CCCc2cc(O)ccc21. The quantitative estimate of drug-likeness (QED) is 0.889. The van der Waals surface area contributed by atoms with Gasteiger partial charge in [0, 0.05) is 26.1 Å². The van der Waals surface area contributed by atoms with Crippen LogP contribution in [0.1, 0.15) is 35.8 Å². The van der Waals surface area contributed by atoms with Crippen LogP contribution in [0.5, 0.6) is 5.75 Å². The third-order valence-electron chi connectivity index (χ3n) is 3.99. The first-order chi connectivity index (χ1) is 9.74. The molecule has 2 aromatic rings. The summed E-state index contributed by atoms with van der Waals surface area (Å²) in [5.41, 5.74) is 2.60. The normalized spacial score (nSPS) is 17.9. The van der Waals surface area contributed by atoms with E-state index < -0.39 is 0 Å². The second-order valence-electron chi connectivity index (χ2n) is 5.39. The number of aryl methyl sites for hydroxylation is 2. The fourth-order valence-corrected chi connectivity index (χ4v) is 2.90. The van der Waals surface area contributed by atoms with Crippen LogP contribution >= 0.6 is 0 Å². The molecule has 0 aliphatic heterocycles. The minimum Gasteiger partial charge on any atom is -0.508 e. The van der Waals surface area contributed by atoms with Crippen molar-refractivity contribution >= 4 is 0 Å². The van der Waals surface area contributed by atoms with E-state index in [1.54, 1.807) is 12.4 Å². The number of nitrogens with one attached hydrogen (secondary N) is 1. The molecule has 0 fully saturated rings. The molecule has 1 aromatic carbocycles. The summed E-state index contributed by atoms with van der Waals surface area (Å²) in [7, 11) is 1.97. The first-order valence-corrected chi connectivity index (χ1v) is 7.12. The Bertz CT molecular complexity index is 593. The molecule has 0 radical (unpaired) electrons. The number of phenols is 1. The van der Waals surface area contributed by atoms with Gasteiger partial charge in [0.1, 0.15) is 17.9 Å². The van der Waals surface area contributed by atoms with Crippen LogP contribution in [0, 0.1) is 0 Å². The Morgan fingerprint density at radius 2 is 2.35 bits per heavy atom. The van der Waals surface area contributed by atoms with Gasteiger partial charge in [0.15, 0.2) is 0 Å². The van der Waals surface area contributed by atoms with Crippen molar-refractivity contribution in [2.75, 3.05) is 6.54 Å². The molecule has 5 heteroatoms. The van der Waals surface area contributed by atoms with E-state index >= 15 is 0 Å². The lowest BCUT2D eigenvalue weighted by Crippen LogP contribution is -2.27. The molecule has 0 amide bonds. The van der Waals surface area contributed by atoms with Crippen molar-refractivity contribution in [1.82, 2.24) is 20.1 Å². The minimum absolute atomic E-state index is 0.364. The van der Waals surface area contributed by atoms with E-state index in [0.29, 0.717) is 11.8 Å². The predicted molar refractivity (Wildman–Crippen MR) is 76.5 cm³/mol. The summed E-state index contributed by atoms with van der Waals surface area (Å²) >= 11 is 0. The monoisotopic (exact) mass is 272 g/mol. The number of hydrogen-bond donors (Lipinski definition) is 2. The summed E-state index contributed by atoms with van der Waals surface area (Å²) in [6.07, 6.45) is 5.98. The molecule has 3 rings (SSSR count). The molecule has 106 valence electrons. The fourth-order valence-electron chi connectivity index (χ4n) is 2.90. The van der Waals surface area contributed by atoms with Gasteiger partial charge in [-0.2, -0.15) is 0 Å². The van der Waals surface area contributed by atoms with Gasteiger partial charge in [-0.1, -0.05) is 6.07 Å². The Labute approximate surface area is 118 Å². The number of aromatic hydroxyl groups is 1. The molecule has 2 N–H and O–H groups in total. The number of hydrogen-bond acceptors (Lipinski definition) is 4. The fraction of sp³-hybridized carbons (Fsp3) is 0.467. The van der Waals surface area contributed by atoms with Gasteiger partial charge in [-0.25, -0.2) is 0 Å². The second kappa shape index (κ2) is 5.63. The van der Waals surface area contributed by atoms with Crippen LogP contribution in [-0.2, 0) is 19.9 Å². The Morgan fingerprint density at radius 1 is 1.45 bits per heavy atom. The number of rotatable bonds is 4. The van der Waals surface area contributed by atoms with Crippen LogP contribution in [-0.4, -0.2) is 26.4 Å². The average Bonchev–Trinajstić information content (AvgIpc) is 2.84. The van der Waals surface area contributed by atoms with Gasteiger partial charge in [0.05, 0.1) is 0 Å². The van der Waals surface area contributed by atoms with Crippen LogP contribution in [0.2, 0.25) is 0 Å². The van der Waals surface area contributed by atoms with Gasteiger partial charge in [-0.05, 0) is 42.5 Å². The van der Waals surface area contributed by atoms with E-state index in [1.807, 2.05) is 23.7 Å². The molecule has 0 saturated heterocycles. The van der Waals surface area contributed by atoms with Crippen molar-refractivity contribution in [1.29, 1.82) is 0 Å². The summed E-state index contributed by atoms with van der Waals surface area (Å²) in [5.74, 6) is 1.36. The molecule has 1 heterocycles. The van der Waals surface area contributed by atoms with Gasteiger partial charge in [0.25, 0.3) is 0 Å². The summed E-state index contributed by atoms with van der Waals surface area (Å²) in [5, 5.41) is 21.2. The van der Waals surface area contributed by atoms with E-state index in [2.05, 4.69) is 15.5 Å². The zero-order valence-corrected chi connectivity index (χ0v) is 11.7. The van der Waals surface area contributed by atoms with Crippen LogP contribution < -0.4 is 5.32 Å². The summed E-state index contributed by atoms with van der Waals surface area (Å²) in [6, 6.07) is 6.10. The van der Waals surface area contributed by atoms with Crippen molar-refractivity contribution in [3.63, 3.8) is 0 Å². The van der Waals surface area contributed by atoms with Crippen molar-refractivity contribution in [3.05, 3.63) is 41.5 Å². The maximum absolute atomic E-state index is 9.57. The number of aromatic nitrogens is 3. The zero-order valence-electron chi connectivity index (χ0n) is 11.7. The molecule has 1 atom stereocenters. The second-order valence-corrected chi connectivity index (χ2v) is 5.39. The van der Waals surface area contributed by atoms with Crippen LogP contribution in [0.3, 0.4) is 0 Å². The maximum atomic E-state index is 9.57. The van der Waals surface area contributed by atoms with Crippen LogP contribution in [0.15, 0.2) is 24.5 Å². The lowest BCUT2D eigenvalue weighted by molar-refractivity contribution is 0.450. The van der Waals surface area contributed by atoms with E-state index in [-0.39, 0.29) is 0 Å². The van der Waals surface area contributed by atoms with Crippen molar-refractivity contribution < 1.29 is 5.11 Å². The molecule has 1 aromatic heterocycles. The van der Waals surface area contributed by atoms with Crippen molar-refractivity contribution in [2.24, 2.45) is 7.05 Å². The molecule has 5 nitrogen and oxygen atoms in total. The number of phenolic OH excluding ortho intramolecular Hbond substituents is 1. The Balaban J connectivity index is 1.63. The van der Waals surface area contributed by atoms with Gasteiger partial charge in [0.2, 0.25) is 0 Å². The van der Waals surface area contributed by atoms with Gasteiger partial charge >= 0.3 is 0 Å². The van der Waals surface area contributed by atoms with Crippen LogP contribution in [0.25, 0.3) is 0 Å². The average molecular weight is 272 g/mol. The number of benzene rings is 1. The third-order valence-corrected chi connectivity index (χ3v) is 3.99. The summed E-state index contributed by atoms with van der Waals surface area (Å²) < 4.78 is 1.95. The summed E-state index contributed by atoms with van der Waals surface area (Å²) in [6.45, 7) is 0.886. The van der Waals surface area contributed by atoms with Gasteiger partial charge in [-0.3, -0.25) is 0 Å². The van der Waals surface area contributed by atoms with Crippen LogP contribution in [0.4, 0.5) is 0 Å². The molecule has 0 bridgehead atoms. The predicted octanol–water partition coefficient (Wildman–Crippen LogP) is 1.73. The lowest BCUT2D eigenvalue weighted by Gasteiger charge is -2.26. The molecule has 1 unspecified atom stereocenters. The smallest absolute Gasteiger partial charge is 0.133 e. The third kappa shape index (κ3) is 2.67. The Kier molecular flexibility index (Phi) is 3.69. The molecular formula is C15H20N4O. The standard InChI is InChI=1S/C15H20N4O/c1-19-10-17-18-15(19)7-8-16-14-4-2-3-11-9-12(20)5-6-13(11)14/h5-6,9-10,14,16,20H,2-4,7-8H2,1H3. The van der Waals surface area contributed by atoms with Gasteiger partial charge < -0.3 is 15.0 Å². The van der Waals surface area contributed by atoms with E-state index in [0.717, 1.165) is 38.1 Å². The zero-order chi connectivity index (χ0) is 13.9. The largest absolute Gasteiger partial charge is 0.508 e. The van der Waals surface area contributed by atoms with Gasteiger partial charge in [-0.15, -0.1) is 10.2 Å². The highest BCUT2D eigenvalue weighted by molar-refractivity contribution is 5.38. The van der Waals surface area contributed by atoms with E-state index in [4.69, 9.17) is 0 Å². The first-order valence-electron chi connectivity index (χ1n) is 7.12. The molecular weight excluding hydrogens is 252 g/mol. The lowest BCUT2D eigenvalue weighted by atomic mass is 9.87. The highest BCUT2D eigenvalue weighted by Gasteiger charge is 2.19. The molecule has 0 saturated carbocycles. The summed E-state index contributed by atoms with van der Waals surface area (Å²) in [4.78, 5) is 0. The van der Waals surface area contributed by atoms with Crippen molar-refractivity contribution in [2.45, 2.75) is 31.7 Å². The van der Waals surface area contributed by atoms with E-state index in [9.17, 15) is 5.11 Å². The van der Waals surface area contributed by atoms with Crippen molar-refractivity contribution in [3.8, 4) is 5.75 Å². The molecule has 0 spiro atoms. The molecule has 1 aliphatic carbocycles. The first kappa shape index (κ1) is 13.1. The molecule has 20 heavy (non-hydrogen) atoms. The Hall–Kier alpha value is -1.88. The number of fused-ring (bicyclic) bond motifs is 1. The highest BCUT2D eigenvalue weighted by atomic mass is 16.3. The minimum atomic E-state index is 0.364. The number of nitrogens with zero attached hydrogens (tertiary/aromatic N) is 3. The topological polar surface area (TPSA) is 63.0 Å². The molecule has 1 aliphatic rings. The Morgan fingerprint density at radius 3 is 3.15 bits per heavy atom. The van der Waals surface area contributed by atoms with E-state index in [1.165, 1.54) is 11.1 Å².